The Morgan fingerprint density at radius 3 is 2.19 bits per heavy atom. The van der Waals surface area contributed by atoms with Crippen LogP contribution in [-0.4, -0.2) is 24.5 Å². The standard InChI is InChI=1S/C26H26N2O3/c27-14-18-5-1-2-6-21(18)22-7-3-4-8-23(22)26(30)31-15-24(29)28-25-19-10-16-9-17(12-19)13-20(25)11-16/h1-8,16-17,19-20,25H,9-13,15H2,(H,28,29). The molecule has 0 aliphatic heterocycles. The first-order chi connectivity index (χ1) is 15.1. The maximum atomic E-state index is 12.8. The number of ether oxygens (including phenoxy) is 1. The molecule has 1 amide bonds. The van der Waals surface area contributed by atoms with Crippen LogP contribution in [0.5, 0.6) is 0 Å². The maximum Gasteiger partial charge on any atom is 0.339 e. The zero-order valence-electron chi connectivity index (χ0n) is 17.4. The van der Waals surface area contributed by atoms with Crippen molar-refractivity contribution in [2.24, 2.45) is 23.7 Å². The highest BCUT2D eigenvalue weighted by atomic mass is 16.5. The molecule has 0 radical (unpaired) electrons. The average Bonchev–Trinajstić information content (AvgIpc) is 2.79. The van der Waals surface area contributed by atoms with Crippen molar-refractivity contribution in [2.45, 2.75) is 38.1 Å². The van der Waals surface area contributed by atoms with Crippen molar-refractivity contribution in [3.8, 4) is 17.2 Å². The first-order valence-corrected chi connectivity index (χ1v) is 11.2. The van der Waals surface area contributed by atoms with Gasteiger partial charge in [0.1, 0.15) is 0 Å². The molecule has 4 saturated carbocycles. The minimum Gasteiger partial charge on any atom is -0.452 e. The number of carbonyl (C=O) groups is 2. The van der Waals surface area contributed by atoms with Crippen molar-refractivity contribution in [3.63, 3.8) is 0 Å². The van der Waals surface area contributed by atoms with Gasteiger partial charge in [-0.15, -0.1) is 0 Å². The Balaban J connectivity index is 1.24. The number of benzene rings is 2. The van der Waals surface area contributed by atoms with E-state index in [0.29, 0.717) is 34.1 Å². The Morgan fingerprint density at radius 1 is 0.903 bits per heavy atom. The molecule has 0 atom stereocenters. The molecule has 6 rings (SSSR count). The number of nitrogens with zero attached hydrogens (tertiary/aromatic N) is 1. The van der Waals surface area contributed by atoms with E-state index in [1.54, 1.807) is 30.3 Å². The molecule has 0 heterocycles. The fraction of sp³-hybridized carbons (Fsp3) is 0.423. The van der Waals surface area contributed by atoms with Gasteiger partial charge in [0.15, 0.2) is 6.61 Å². The Kier molecular flexibility index (Phi) is 5.23. The zero-order valence-corrected chi connectivity index (χ0v) is 17.4. The summed E-state index contributed by atoms with van der Waals surface area (Å²) in [4.78, 5) is 25.4. The van der Waals surface area contributed by atoms with Gasteiger partial charge in [-0.3, -0.25) is 4.79 Å². The lowest BCUT2D eigenvalue weighted by Gasteiger charge is -2.54. The van der Waals surface area contributed by atoms with E-state index in [9.17, 15) is 14.9 Å². The van der Waals surface area contributed by atoms with Crippen LogP contribution in [0.1, 0.15) is 48.0 Å². The third kappa shape index (κ3) is 3.83. The topological polar surface area (TPSA) is 79.2 Å². The lowest BCUT2D eigenvalue weighted by molar-refractivity contribution is -0.128. The van der Waals surface area contributed by atoms with Crippen molar-refractivity contribution in [1.29, 1.82) is 5.26 Å². The van der Waals surface area contributed by atoms with Gasteiger partial charge in [-0.1, -0.05) is 36.4 Å². The molecular formula is C26H26N2O3. The van der Waals surface area contributed by atoms with Crippen LogP contribution in [0.15, 0.2) is 48.5 Å². The molecular weight excluding hydrogens is 388 g/mol. The molecule has 4 fully saturated rings. The van der Waals surface area contributed by atoms with Gasteiger partial charge in [0.2, 0.25) is 0 Å². The van der Waals surface area contributed by atoms with Crippen molar-refractivity contribution in [3.05, 3.63) is 59.7 Å². The molecule has 31 heavy (non-hydrogen) atoms. The third-order valence-electron chi connectivity index (χ3n) is 7.37. The molecule has 158 valence electrons. The first kappa shape index (κ1) is 19.8. The number of amides is 1. The number of nitrogens with one attached hydrogen (secondary N) is 1. The second-order valence-corrected chi connectivity index (χ2v) is 9.30. The summed E-state index contributed by atoms with van der Waals surface area (Å²) in [6.07, 6.45) is 6.28. The fourth-order valence-electron chi connectivity index (χ4n) is 6.31. The van der Waals surface area contributed by atoms with Crippen molar-refractivity contribution >= 4 is 11.9 Å². The number of esters is 1. The third-order valence-corrected chi connectivity index (χ3v) is 7.37. The number of hydrogen-bond acceptors (Lipinski definition) is 4. The second kappa shape index (κ2) is 8.19. The highest BCUT2D eigenvalue weighted by molar-refractivity contribution is 5.98. The molecule has 4 bridgehead atoms. The highest BCUT2D eigenvalue weighted by Crippen LogP contribution is 2.53. The summed E-state index contributed by atoms with van der Waals surface area (Å²) in [5.41, 5.74) is 2.15. The summed E-state index contributed by atoms with van der Waals surface area (Å²) >= 11 is 0. The van der Waals surface area contributed by atoms with Crippen LogP contribution < -0.4 is 5.32 Å². The van der Waals surface area contributed by atoms with Crippen LogP contribution in [0.3, 0.4) is 0 Å². The molecule has 5 heteroatoms. The van der Waals surface area contributed by atoms with Gasteiger partial charge in [-0.2, -0.15) is 5.26 Å². The molecule has 4 aliphatic carbocycles. The van der Waals surface area contributed by atoms with E-state index in [0.717, 1.165) is 11.8 Å². The van der Waals surface area contributed by atoms with Crippen LogP contribution in [0.4, 0.5) is 0 Å². The quantitative estimate of drug-likeness (QED) is 0.739. The second-order valence-electron chi connectivity index (χ2n) is 9.30. The monoisotopic (exact) mass is 414 g/mol. The SMILES string of the molecule is N#Cc1ccccc1-c1ccccc1C(=O)OCC(=O)NC1C2CC3CC(C2)CC1C3. The van der Waals surface area contributed by atoms with Crippen molar-refractivity contribution < 1.29 is 14.3 Å². The fourth-order valence-corrected chi connectivity index (χ4v) is 6.31. The van der Waals surface area contributed by atoms with Crippen LogP contribution in [0, 0.1) is 35.0 Å². The largest absolute Gasteiger partial charge is 0.452 e. The predicted molar refractivity (Wildman–Crippen MR) is 116 cm³/mol. The van der Waals surface area contributed by atoms with Crippen molar-refractivity contribution in [2.75, 3.05) is 6.61 Å². The number of rotatable bonds is 5. The van der Waals surface area contributed by atoms with E-state index in [2.05, 4.69) is 11.4 Å². The Morgan fingerprint density at radius 2 is 1.52 bits per heavy atom. The number of hydrogen-bond donors (Lipinski definition) is 1. The van der Waals surface area contributed by atoms with Gasteiger partial charge in [0.25, 0.3) is 5.91 Å². The molecule has 1 N–H and O–H groups in total. The molecule has 2 aromatic carbocycles. The smallest absolute Gasteiger partial charge is 0.339 e. The molecule has 0 spiro atoms. The first-order valence-electron chi connectivity index (χ1n) is 11.2. The van der Waals surface area contributed by atoms with Gasteiger partial charge in [0.05, 0.1) is 17.2 Å². The minimum atomic E-state index is -0.552. The van der Waals surface area contributed by atoms with E-state index in [4.69, 9.17) is 4.74 Å². The molecule has 4 aliphatic rings. The normalized spacial score (nSPS) is 28.0. The minimum absolute atomic E-state index is 0.222. The van der Waals surface area contributed by atoms with E-state index < -0.39 is 5.97 Å². The van der Waals surface area contributed by atoms with Gasteiger partial charge in [0, 0.05) is 11.6 Å². The summed E-state index contributed by atoms with van der Waals surface area (Å²) in [7, 11) is 0. The van der Waals surface area contributed by atoms with Gasteiger partial charge in [-0.25, -0.2) is 4.79 Å². The predicted octanol–water partition coefficient (Wildman–Crippen LogP) is 4.32. The van der Waals surface area contributed by atoms with Crippen LogP contribution >= 0.6 is 0 Å². The van der Waals surface area contributed by atoms with E-state index in [-0.39, 0.29) is 18.6 Å². The van der Waals surface area contributed by atoms with Crippen LogP contribution in [-0.2, 0) is 9.53 Å². The van der Waals surface area contributed by atoms with Gasteiger partial charge < -0.3 is 10.1 Å². The van der Waals surface area contributed by atoms with Crippen LogP contribution in [0.25, 0.3) is 11.1 Å². The Labute approximate surface area is 182 Å². The Hall–Kier alpha value is -3.13. The number of carbonyl (C=O) groups excluding carboxylic acids is 2. The maximum absolute atomic E-state index is 12.8. The zero-order chi connectivity index (χ0) is 21.4. The molecule has 0 saturated heterocycles. The average molecular weight is 415 g/mol. The summed E-state index contributed by atoms with van der Waals surface area (Å²) < 4.78 is 5.39. The summed E-state index contributed by atoms with van der Waals surface area (Å²) in [6, 6.07) is 16.6. The van der Waals surface area contributed by atoms with Gasteiger partial charge >= 0.3 is 5.97 Å². The Bertz CT molecular complexity index is 1030. The summed E-state index contributed by atoms with van der Waals surface area (Å²) in [6.45, 7) is -0.282. The lowest BCUT2D eigenvalue weighted by atomic mass is 9.54. The van der Waals surface area contributed by atoms with Crippen LogP contribution in [0.2, 0.25) is 0 Å². The lowest BCUT2D eigenvalue weighted by Crippen LogP contribution is -2.56. The molecule has 5 nitrogen and oxygen atoms in total. The van der Waals surface area contributed by atoms with Gasteiger partial charge in [-0.05, 0) is 73.5 Å². The summed E-state index contributed by atoms with van der Waals surface area (Å²) in [5.74, 6) is 2.09. The number of nitriles is 1. The van der Waals surface area contributed by atoms with E-state index in [1.165, 1.54) is 32.1 Å². The van der Waals surface area contributed by atoms with Crippen molar-refractivity contribution in [1.82, 2.24) is 5.32 Å². The van der Waals surface area contributed by atoms with E-state index >= 15 is 0 Å². The summed E-state index contributed by atoms with van der Waals surface area (Å²) in [5, 5.41) is 12.6. The molecule has 2 aromatic rings. The van der Waals surface area contributed by atoms with E-state index in [1.807, 2.05) is 18.2 Å². The highest BCUT2D eigenvalue weighted by Gasteiger charge is 2.48. The molecule has 0 unspecified atom stereocenters. The molecule has 0 aromatic heterocycles.